The number of benzene rings is 4. The van der Waals surface area contributed by atoms with Crippen LogP contribution in [0.3, 0.4) is 0 Å². The van der Waals surface area contributed by atoms with E-state index in [4.69, 9.17) is 4.98 Å². The maximum atomic E-state index is 14.3. The van der Waals surface area contributed by atoms with Crippen molar-refractivity contribution >= 4 is 23.5 Å². The van der Waals surface area contributed by atoms with Crippen LogP contribution in [0.25, 0.3) is 22.5 Å². The van der Waals surface area contributed by atoms with Gasteiger partial charge in [0.15, 0.2) is 5.16 Å². The number of nitrogens with one attached hydrogen (secondary N) is 2. The molecular weight excluding hydrogens is 586 g/mol. The highest BCUT2D eigenvalue weighted by Gasteiger charge is 2.17. The van der Waals surface area contributed by atoms with Gasteiger partial charge in [0.2, 0.25) is 0 Å². The summed E-state index contributed by atoms with van der Waals surface area (Å²) < 4.78 is 27.7. The first-order valence-electron chi connectivity index (χ1n) is 15.4. The second kappa shape index (κ2) is 16.0. The molecule has 4 aromatic carbocycles. The number of carbonyl (C=O) groups is 1. The lowest BCUT2D eigenvalue weighted by Crippen LogP contribution is -2.35. The molecule has 0 radical (unpaired) electrons. The Balaban J connectivity index is 1.29. The van der Waals surface area contributed by atoms with Gasteiger partial charge in [-0.25, -0.2) is 18.6 Å². The minimum atomic E-state index is -0.797. The van der Waals surface area contributed by atoms with Crippen LogP contribution < -0.4 is 5.32 Å². The lowest BCUT2D eigenvalue weighted by molar-refractivity contribution is 0.207. The van der Waals surface area contributed by atoms with Crippen molar-refractivity contribution in [3.05, 3.63) is 126 Å². The van der Waals surface area contributed by atoms with Crippen LogP contribution in [0.2, 0.25) is 0 Å². The number of halogens is 2. The van der Waals surface area contributed by atoms with Gasteiger partial charge in [-0.3, -0.25) is 0 Å². The molecule has 0 saturated heterocycles. The predicted molar refractivity (Wildman–Crippen MR) is 180 cm³/mol. The lowest BCUT2D eigenvalue weighted by atomic mass is 10.1. The van der Waals surface area contributed by atoms with Crippen molar-refractivity contribution in [2.24, 2.45) is 0 Å². The molecule has 8 heteroatoms. The summed E-state index contributed by atoms with van der Waals surface area (Å²) in [6.07, 6.45) is 5.26. The van der Waals surface area contributed by atoms with Gasteiger partial charge >= 0.3 is 6.03 Å². The average Bonchev–Trinajstić information content (AvgIpc) is 3.50. The molecule has 1 heterocycles. The maximum Gasteiger partial charge on any atom is 0.322 e. The van der Waals surface area contributed by atoms with E-state index in [-0.39, 0.29) is 5.69 Å². The highest BCUT2D eigenvalue weighted by atomic mass is 32.2. The van der Waals surface area contributed by atoms with Crippen LogP contribution in [-0.4, -0.2) is 27.4 Å². The van der Waals surface area contributed by atoms with Crippen LogP contribution in [-0.2, 0) is 12.3 Å². The first-order valence-corrected chi connectivity index (χ1v) is 16.4. The topological polar surface area (TPSA) is 61.0 Å². The third-order valence-electron chi connectivity index (χ3n) is 7.52. The van der Waals surface area contributed by atoms with E-state index in [0.29, 0.717) is 18.8 Å². The summed E-state index contributed by atoms with van der Waals surface area (Å²) in [5.41, 5.74) is 6.06. The van der Waals surface area contributed by atoms with Crippen LogP contribution in [0.15, 0.2) is 108 Å². The number of carbonyl (C=O) groups excluding carboxylic acids is 1. The van der Waals surface area contributed by atoms with Gasteiger partial charge in [-0.15, -0.1) is 0 Å². The number of nitrogens with zero attached hydrogens (tertiary/aromatic N) is 2. The predicted octanol–water partition coefficient (Wildman–Crippen LogP) is 10.3. The van der Waals surface area contributed by atoms with E-state index in [9.17, 15) is 13.6 Å². The molecule has 5 aromatic rings. The Hall–Kier alpha value is -4.43. The van der Waals surface area contributed by atoms with Gasteiger partial charge in [-0.1, -0.05) is 129 Å². The normalized spacial score (nSPS) is 11.0. The molecule has 2 N–H and O–H groups in total. The molecule has 5 nitrogen and oxygen atoms in total. The van der Waals surface area contributed by atoms with Crippen molar-refractivity contribution in [3.63, 3.8) is 0 Å². The quantitative estimate of drug-likeness (QED) is 0.0955. The number of imidazole rings is 1. The molecule has 0 saturated carbocycles. The number of hydrogen-bond acceptors (Lipinski definition) is 3. The van der Waals surface area contributed by atoms with Crippen LogP contribution in [0.5, 0.6) is 0 Å². The Labute approximate surface area is 268 Å². The molecule has 5 rings (SSSR count). The third-order valence-corrected chi connectivity index (χ3v) is 8.47. The number of aromatic amines is 1. The average molecular weight is 625 g/mol. The van der Waals surface area contributed by atoms with Crippen molar-refractivity contribution < 1.29 is 13.6 Å². The maximum absolute atomic E-state index is 14.3. The summed E-state index contributed by atoms with van der Waals surface area (Å²) in [5.74, 6) is -0.794. The van der Waals surface area contributed by atoms with Crippen LogP contribution in [0.1, 0.15) is 50.2 Å². The summed E-state index contributed by atoms with van der Waals surface area (Å²) in [6.45, 7) is 3.07. The van der Waals surface area contributed by atoms with Crippen molar-refractivity contribution in [2.45, 2.75) is 56.5 Å². The van der Waals surface area contributed by atoms with Crippen molar-refractivity contribution in [2.75, 3.05) is 11.9 Å². The van der Waals surface area contributed by atoms with Gasteiger partial charge < -0.3 is 15.2 Å². The van der Waals surface area contributed by atoms with E-state index in [2.05, 4.69) is 53.6 Å². The zero-order valence-electron chi connectivity index (χ0n) is 25.4. The van der Waals surface area contributed by atoms with Crippen LogP contribution in [0, 0.1) is 11.6 Å². The largest absolute Gasteiger partial charge is 0.332 e. The first-order chi connectivity index (χ1) is 22.0. The number of hydrogen-bond donors (Lipinski definition) is 2. The fraction of sp³-hybridized carbons (Fsp3) is 0.243. The molecule has 0 aliphatic rings. The summed E-state index contributed by atoms with van der Waals surface area (Å²) in [7, 11) is 0. The second-order valence-corrected chi connectivity index (χ2v) is 12.0. The molecule has 0 aliphatic carbocycles. The highest BCUT2D eigenvalue weighted by molar-refractivity contribution is 7.98. The summed E-state index contributed by atoms with van der Waals surface area (Å²) in [5, 5.41) is 3.46. The molecule has 232 valence electrons. The van der Waals surface area contributed by atoms with Gasteiger partial charge in [-0.2, -0.15) is 0 Å². The number of urea groups is 1. The zero-order chi connectivity index (χ0) is 31.4. The van der Waals surface area contributed by atoms with E-state index >= 15 is 0 Å². The smallest absolute Gasteiger partial charge is 0.322 e. The first kappa shape index (κ1) is 32.0. The summed E-state index contributed by atoms with van der Waals surface area (Å²) >= 11 is 1.63. The van der Waals surface area contributed by atoms with Crippen molar-refractivity contribution in [3.8, 4) is 22.5 Å². The number of rotatable bonds is 14. The number of aromatic nitrogens is 2. The van der Waals surface area contributed by atoms with E-state index in [1.54, 1.807) is 16.7 Å². The molecule has 1 aromatic heterocycles. The van der Waals surface area contributed by atoms with Gasteiger partial charge in [0.25, 0.3) is 0 Å². The number of unbranched alkanes of at least 4 members (excludes halogenated alkanes) is 4. The van der Waals surface area contributed by atoms with E-state index in [1.807, 2.05) is 48.5 Å². The number of amides is 2. The zero-order valence-corrected chi connectivity index (χ0v) is 26.3. The standard InChI is InChI=1S/C37H38F2N4OS/c1-2-3-4-5-12-22-43(37(44)40-33-21-20-31(38)24-32(33)39)25-27-14-13-15-28(23-27)26-45-36-41-34(29-16-8-6-9-17-29)35(42-36)30-18-10-7-11-19-30/h6-11,13-21,23-24H,2-5,12,22,25-26H2,1H3,(H,40,44)(H,41,42). The number of thioether (sulfide) groups is 1. The Morgan fingerprint density at radius 3 is 2.27 bits per heavy atom. The van der Waals surface area contributed by atoms with Crippen molar-refractivity contribution in [1.29, 1.82) is 0 Å². The second-order valence-electron chi connectivity index (χ2n) is 11.0. The Bertz CT molecular complexity index is 1620. The summed E-state index contributed by atoms with van der Waals surface area (Å²) in [4.78, 5) is 23.5. The van der Waals surface area contributed by atoms with Crippen LogP contribution >= 0.6 is 11.8 Å². The molecular formula is C37H38F2N4OS. The van der Waals surface area contributed by atoms with Gasteiger partial charge in [0.1, 0.15) is 11.6 Å². The van der Waals surface area contributed by atoms with Gasteiger partial charge in [0, 0.05) is 36.0 Å². The molecule has 2 amide bonds. The summed E-state index contributed by atoms with van der Waals surface area (Å²) in [6, 6.07) is 31.3. The van der Waals surface area contributed by atoms with Crippen LogP contribution in [0.4, 0.5) is 19.3 Å². The minimum absolute atomic E-state index is 0.0364. The fourth-order valence-electron chi connectivity index (χ4n) is 5.17. The molecule has 0 atom stereocenters. The van der Waals surface area contributed by atoms with Crippen molar-refractivity contribution in [1.82, 2.24) is 14.9 Å². The van der Waals surface area contributed by atoms with E-state index in [1.165, 1.54) is 6.07 Å². The molecule has 0 aliphatic heterocycles. The Morgan fingerprint density at radius 1 is 0.822 bits per heavy atom. The SMILES string of the molecule is CCCCCCCN(Cc1cccc(CSc2nc(-c3ccccc3)c(-c3ccccc3)[nH]2)c1)C(=O)Nc1ccc(F)cc1F. The Morgan fingerprint density at radius 2 is 1.53 bits per heavy atom. The lowest BCUT2D eigenvalue weighted by Gasteiger charge is -2.24. The third kappa shape index (κ3) is 9.05. The van der Waals surface area contributed by atoms with E-state index in [0.717, 1.165) is 83.0 Å². The molecule has 0 fully saturated rings. The molecule has 0 unspecified atom stereocenters. The fourth-order valence-corrected chi connectivity index (χ4v) is 5.99. The molecule has 0 spiro atoms. The van der Waals surface area contributed by atoms with Gasteiger partial charge in [0.05, 0.1) is 17.1 Å². The van der Waals surface area contributed by atoms with E-state index < -0.39 is 17.7 Å². The molecule has 45 heavy (non-hydrogen) atoms. The van der Waals surface area contributed by atoms with Gasteiger partial charge in [-0.05, 0) is 29.7 Å². The number of H-pyrrole nitrogens is 1. The minimum Gasteiger partial charge on any atom is -0.332 e. The number of anilines is 1. The highest BCUT2D eigenvalue weighted by Crippen LogP contribution is 2.33. The molecule has 0 bridgehead atoms. The Kier molecular flexibility index (Phi) is 11.4. The monoisotopic (exact) mass is 624 g/mol.